The van der Waals surface area contributed by atoms with Crippen LogP contribution in [-0.2, 0) is 0 Å². The Bertz CT molecular complexity index is 760. The van der Waals surface area contributed by atoms with Crippen molar-refractivity contribution in [1.82, 2.24) is 9.97 Å². The number of hydrogen-bond acceptors (Lipinski definition) is 3. The molecule has 0 unspecified atom stereocenters. The van der Waals surface area contributed by atoms with Gasteiger partial charge in [-0.3, -0.25) is 9.78 Å². The molecule has 2 aromatic heterocycles. The second-order valence-corrected chi connectivity index (χ2v) is 4.07. The lowest BCUT2D eigenvalue weighted by molar-refractivity contribution is 1.26. The minimum atomic E-state index is -0.132. The standard InChI is InChI=1S/C14H11N3O/c15-10-5-3-9(4-6-10)12-8-13-11(14(18)17-12)2-1-7-16-13/h1-8H,15H2,(H,17,18). The van der Waals surface area contributed by atoms with Crippen molar-refractivity contribution in [2.75, 3.05) is 5.73 Å². The third-order valence-corrected chi connectivity index (χ3v) is 2.83. The first kappa shape index (κ1) is 10.5. The second kappa shape index (κ2) is 4.00. The largest absolute Gasteiger partial charge is 0.399 e. The number of pyridine rings is 2. The van der Waals surface area contributed by atoms with Crippen LogP contribution in [0.5, 0.6) is 0 Å². The molecule has 0 fully saturated rings. The Labute approximate surface area is 103 Å². The molecule has 0 bridgehead atoms. The van der Waals surface area contributed by atoms with Crippen LogP contribution in [-0.4, -0.2) is 9.97 Å². The van der Waals surface area contributed by atoms with Crippen molar-refractivity contribution in [1.29, 1.82) is 0 Å². The van der Waals surface area contributed by atoms with Crippen molar-refractivity contribution in [3.8, 4) is 11.3 Å². The summed E-state index contributed by atoms with van der Waals surface area (Å²) in [6.07, 6.45) is 1.68. The van der Waals surface area contributed by atoms with Crippen molar-refractivity contribution < 1.29 is 0 Å². The Balaban J connectivity index is 2.24. The van der Waals surface area contributed by atoms with Gasteiger partial charge in [0.15, 0.2) is 0 Å². The second-order valence-electron chi connectivity index (χ2n) is 4.07. The number of fused-ring (bicyclic) bond motifs is 1. The topological polar surface area (TPSA) is 71.8 Å². The molecule has 1 aromatic carbocycles. The van der Waals surface area contributed by atoms with Crippen molar-refractivity contribution in [2.45, 2.75) is 0 Å². The molecule has 0 radical (unpaired) electrons. The summed E-state index contributed by atoms with van der Waals surface area (Å²) < 4.78 is 0. The molecule has 18 heavy (non-hydrogen) atoms. The van der Waals surface area contributed by atoms with Crippen molar-refractivity contribution >= 4 is 16.6 Å². The monoisotopic (exact) mass is 237 g/mol. The van der Waals surface area contributed by atoms with Crippen LogP contribution in [0.15, 0.2) is 53.5 Å². The van der Waals surface area contributed by atoms with Gasteiger partial charge in [0, 0.05) is 11.9 Å². The summed E-state index contributed by atoms with van der Waals surface area (Å²) in [6, 6.07) is 12.7. The Kier molecular flexibility index (Phi) is 2.34. The molecular formula is C14H11N3O. The number of H-pyrrole nitrogens is 1. The van der Waals surface area contributed by atoms with E-state index in [1.165, 1.54) is 0 Å². The summed E-state index contributed by atoms with van der Waals surface area (Å²) in [6.45, 7) is 0. The van der Waals surface area contributed by atoms with Crippen LogP contribution < -0.4 is 11.3 Å². The van der Waals surface area contributed by atoms with Crippen LogP contribution in [0.4, 0.5) is 5.69 Å². The van der Waals surface area contributed by atoms with Crippen molar-refractivity contribution in [2.24, 2.45) is 0 Å². The van der Waals surface area contributed by atoms with E-state index in [0.29, 0.717) is 16.6 Å². The minimum absolute atomic E-state index is 0.132. The maximum atomic E-state index is 11.9. The molecule has 3 aromatic rings. The van der Waals surface area contributed by atoms with E-state index in [1.54, 1.807) is 30.5 Å². The van der Waals surface area contributed by atoms with Gasteiger partial charge in [0.2, 0.25) is 0 Å². The molecule has 0 aliphatic carbocycles. The number of nitrogens with zero attached hydrogens (tertiary/aromatic N) is 1. The number of anilines is 1. The zero-order valence-electron chi connectivity index (χ0n) is 9.55. The van der Waals surface area contributed by atoms with Crippen molar-refractivity contribution in [3.63, 3.8) is 0 Å². The average Bonchev–Trinajstić information content (AvgIpc) is 2.39. The van der Waals surface area contributed by atoms with Gasteiger partial charge in [-0.05, 0) is 35.9 Å². The van der Waals surface area contributed by atoms with Gasteiger partial charge in [0.1, 0.15) is 0 Å². The molecule has 0 aliphatic rings. The number of nitrogens with one attached hydrogen (secondary N) is 1. The highest BCUT2D eigenvalue weighted by Crippen LogP contribution is 2.19. The summed E-state index contributed by atoms with van der Waals surface area (Å²) in [5, 5.41) is 0.594. The van der Waals surface area contributed by atoms with E-state index in [0.717, 1.165) is 11.3 Å². The molecule has 0 atom stereocenters. The molecule has 0 saturated carbocycles. The summed E-state index contributed by atoms with van der Waals surface area (Å²) in [7, 11) is 0. The summed E-state index contributed by atoms with van der Waals surface area (Å²) in [5.74, 6) is 0. The van der Waals surface area contributed by atoms with Gasteiger partial charge in [0.25, 0.3) is 5.56 Å². The first-order valence-corrected chi connectivity index (χ1v) is 5.58. The molecular weight excluding hydrogens is 226 g/mol. The highest BCUT2D eigenvalue weighted by molar-refractivity contribution is 5.81. The summed E-state index contributed by atoms with van der Waals surface area (Å²) in [4.78, 5) is 19.0. The van der Waals surface area contributed by atoms with Crippen LogP contribution >= 0.6 is 0 Å². The molecule has 0 saturated heterocycles. The fraction of sp³-hybridized carbons (Fsp3) is 0. The normalized spacial score (nSPS) is 10.7. The number of rotatable bonds is 1. The summed E-state index contributed by atoms with van der Waals surface area (Å²) >= 11 is 0. The van der Waals surface area contributed by atoms with Gasteiger partial charge in [-0.25, -0.2) is 0 Å². The number of nitrogens with two attached hydrogens (primary N) is 1. The number of nitrogen functional groups attached to an aromatic ring is 1. The molecule has 0 amide bonds. The Morgan fingerprint density at radius 3 is 2.67 bits per heavy atom. The molecule has 2 heterocycles. The van der Waals surface area contributed by atoms with Crippen molar-refractivity contribution in [3.05, 3.63) is 59.0 Å². The SMILES string of the molecule is Nc1ccc(-c2cc3ncccc3c(=O)[nH]2)cc1. The quantitative estimate of drug-likeness (QED) is 0.637. The van der Waals surface area contributed by atoms with Gasteiger partial charge in [0.05, 0.1) is 16.6 Å². The smallest absolute Gasteiger partial charge is 0.257 e. The van der Waals surface area contributed by atoms with Crippen LogP contribution in [0.1, 0.15) is 0 Å². The lowest BCUT2D eigenvalue weighted by Crippen LogP contribution is -2.07. The van der Waals surface area contributed by atoms with Crippen LogP contribution in [0, 0.1) is 0 Å². The van der Waals surface area contributed by atoms with E-state index in [2.05, 4.69) is 9.97 Å². The molecule has 4 nitrogen and oxygen atoms in total. The van der Waals surface area contributed by atoms with Gasteiger partial charge < -0.3 is 10.7 Å². The predicted octanol–water partition coefficient (Wildman–Crippen LogP) is 2.17. The maximum absolute atomic E-state index is 11.9. The molecule has 3 rings (SSSR count). The third kappa shape index (κ3) is 1.73. The predicted molar refractivity (Wildman–Crippen MR) is 72.2 cm³/mol. The maximum Gasteiger partial charge on any atom is 0.257 e. The van der Waals surface area contributed by atoms with E-state index < -0.39 is 0 Å². The lowest BCUT2D eigenvalue weighted by Gasteiger charge is -2.03. The fourth-order valence-corrected chi connectivity index (χ4v) is 1.91. The molecule has 4 heteroatoms. The molecule has 3 N–H and O–H groups in total. The minimum Gasteiger partial charge on any atom is -0.399 e. The van der Waals surface area contributed by atoms with Crippen LogP contribution in [0.2, 0.25) is 0 Å². The van der Waals surface area contributed by atoms with Crippen LogP contribution in [0.25, 0.3) is 22.2 Å². The first-order chi connectivity index (χ1) is 8.74. The van der Waals surface area contributed by atoms with Gasteiger partial charge >= 0.3 is 0 Å². The fourth-order valence-electron chi connectivity index (χ4n) is 1.91. The number of aromatic amines is 1. The number of benzene rings is 1. The van der Waals surface area contributed by atoms with Gasteiger partial charge in [-0.1, -0.05) is 12.1 Å². The Morgan fingerprint density at radius 2 is 1.89 bits per heavy atom. The van der Waals surface area contributed by atoms with E-state index in [9.17, 15) is 4.79 Å². The highest BCUT2D eigenvalue weighted by Gasteiger charge is 2.04. The average molecular weight is 237 g/mol. The van der Waals surface area contributed by atoms with E-state index in [-0.39, 0.29) is 5.56 Å². The molecule has 88 valence electrons. The molecule has 0 spiro atoms. The third-order valence-electron chi connectivity index (χ3n) is 2.83. The van der Waals surface area contributed by atoms with E-state index in [1.807, 2.05) is 18.2 Å². The van der Waals surface area contributed by atoms with Crippen LogP contribution in [0.3, 0.4) is 0 Å². The first-order valence-electron chi connectivity index (χ1n) is 5.58. The lowest BCUT2D eigenvalue weighted by atomic mass is 10.1. The van der Waals surface area contributed by atoms with Gasteiger partial charge in [-0.15, -0.1) is 0 Å². The Hall–Kier alpha value is -2.62. The number of aromatic nitrogens is 2. The Morgan fingerprint density at radius 1 is 1.11 bits per heavy atom. The van der Waals surface area contributed by atoms with E-state index >= 15 is 0 Å². The highest BCUT2D eigenvalue weighted by atomic mass is 16.1. The molecule has 0 aliphatic heterocycles. The zero-order valence-corrected chi connectivity index (χ0v) is 9.55. The summed E-state index contributed by atoms with van der Waals surface area (Å²) in [5.41, 5.74) is 8.54. The van der Waals surface area contributed by atoms with Gasteiger partial charge in [-0.2, -0.15) is 0 Å². The zero-order chi connectivity index (χ0) is 12.5. The number of hydrogen-bond donors (Lipinski definition) is 2. The van der Waals surface area contributed by atoms with E-state index in [4.69, 9.17) is 5.73 Å².